The van der Waals surface area contributed by atoms with Crippen LogP contribution < -0.4 is 5.32 Å². The van der Waals surface area contributed by atoms with Crippen molar-refractivity contribution in [1.82, 2.24) is 5.32 Å². The molecule has 0 aromatic heterocycles. The Morgan fingerprint density at radius 3 is 2.44 bits per heavy atom. The standard InChI is InChI=1S/C14H19NO2S/c1-18-12-8-6-10(7-9-12)13(14(16)17)15-11-4-2-3-5-11/h6-9,11,13,15H,2-5H2,1H3,(H,16,17). The fraction of sp³-hybridized carbons (Fsp3) is 0.500. The summed E-state index contributed by atoms with van der Waals surface area (Å²) in [5.74, 6) is -0.793. The first-order valence-electron chi connectivity index (χ1n) is 6.33. The molecule has 2 rings (SSSR count). The van der Waals surface area contributed by atoms with Crippen molar-refractivity contribution >= 4 is 17.7 Å². The third kappa shape index (κ3) is 3.27. The smallest absolute Gasteiger partial charge is 0.325 e. The number of nitrogens with one attached hydrogen (secondary N) is 1. The average Bonchev–Trinajstić information content (AvgIpc) is 2.89. The van der Waals surface area contributed by atoms with Gasteiger partial charge in [0.1, 0.15) is 6.04 Å². The van der Waals surface area contributed by atoms with Gasteiger partial charge >= 0.3 is 5.97 Å². The van der Waals surface area contributed by atoms with Gasteiger partial charge in [-0.25, -0.2) is 0 Å². The maximum Gasteiger partial charge on any atom is 0.325 e. The van der Waals surface area contributed by atoms with E-state index in [1.165, 1.54) is 12.8 Å². The van der Waals surface area contributed by atoms with E-state index in [4.69, 9.17) is 0 Å². The zero-order chi connectivity index (χ0) is 13.0. The Kier molecular flexibility index (Phi) is 4.66. The van der Waals surface area contributed by atoms with Crippen molar-refractivity contribution in [2.45, 2.75) is 42.7 Å². The summed E-state index contributed by atoms with van der Waals surface area (Å²) < 4.78 is 0. The predicted octanol–water partition coefficient (Wildman–Crippen LogP) is 3.07. The minimum atomic E-state index is -0.793. The molecule has 2 N–H and O–H groups in total. The van der Waals surface area contributed by atoms with E-state index in [0.29, 0.717) is 6.04 Å². The molecule has 1 aliphatic carbocycles. The predicted molar refractivity (Wildman–Crippen MR) is 74.0 cm³/mol. The van der Waals surface area contributed by atoms with Gasteiger partial charge in [-0.1, -0.05) is 25.0 Å². The van der Waals surface area contributed by atoms with Gasteiger partial charge in [0.25, 0.3) is 0 Å². The van der Waals surface area contributed by atoms with Crippen LogP contribution >= 0.6 is 11.8 Å². The molecule has 3 nitrogen and oxygen atoms in total. The topological polar surface area (TPSA) is 49.3 Å². The lowest BCUT2D eigenvalue weighted by Crippen LogP contribution is -2.35. The van der Waals surface area contributed by atoms with E-state index >= 15 is 0 Å². The first-order chi connectivity index (χ1) is 8.70. The van der Waals surface area contributed by atoms with Crippen molar-refractivity contribution in [2.75, 3.05) is 6.26 Å². The summed E-state index contributed by atoms with van der Waals surface area (Å²) in [6, 6.07) is 7.55. The van der Waals surface area contributed by atoms with E-state index in [1.54, 1.807) is 11.8 Å². The number of hydrogen-bond donors (Lipinski definition) is 2. The maximum absolute atomic E-state index is 11.4. The van der Waals surface area contributed by atoms with Crippen LogP contribution in [0.15, 0.2) is 29.2 Å². The fourth-order valence-electron chi connectivity index (χ4n) is 2.43. The zero-order valence-electron chi connectivity index (χ0n) is 10.6. The highest BCUT2D eigenvalue weighted by atomic mass is 32.2. The first-order valence-corrected chi connectivity index (χ1v) is 7.56. The van der Waals surface area contributed by atoms with E-state index in [0.717, 1.165) is 23.3 Å². The van der Waals surface area contributed by atoms with E-state index < -0.39 is 12.0 Å². The molecular weight excluding hydrogens is 246 g/mol. The lowest BCUT2D eigenvalue weighted by molar-refractivity contribution is -0.139. The van der Waals surface area contributed by atoms with Crippen molar-refractivity contribution in [3.05, 3.63) is 29.8 Å². The van der Waals surface area contributed by atoms with Crippen LogP contribution in [0.25, 0.3) is 0 Å². The minimum absolute atomic E-state index is 0.353. The molecule has 1 atom stereocenters. The number of carboxylic acid groups (broad SMARTS) is 1. The molecule has 0 radical (unpaired) electrons. The van der Waals surface area contributed by atoms with Crippen molar-refractivity contribution in [2.24, 2.45) is 0 Å². The summed E-state index contributed by atoms with van der Waals surface area (Å²) in [4.78, 5) is 12.5. The molecule has 1 unspecified atom stereocenters. The first kappa shape index (κ1) is 13.4. The Labute approximate surface area is 112 Å². The van der Waals surface area contributed by atoms with Gasteiger partial charge in [-0.2, -0.15) is 0 Å². The molecular formula is C14H19NO2S. The van der Waals surface area contributed by atoms with Gasteiger partial charge in [-0.15, -0.1) is 11.8 Å². The van der Waals surface area contributed by atoms with Gasteiger partial charge in [0.2, 0.25) is 0 Å². The molecule has 1 aromatic rings. The Balaban J connectivity index is 2.10. The quantitative estimate of drug-likeness (QED) is 0.803. The number of carboxylic acids is 1. The highest BCUT2D eigenvalue weighted by Gasteiger charge is 2.25. The third-order valence-corrected chi connectivity index (χ3v) is 4.20. The number of thioether (sulfide) groups is 1. The molecule has 4 heteroatoms. The van der Waals surface area contributed by atoms with Crippen molar-refractivity contribution < 1.29 is 9.90 Å². The molecule has 1 fully saturated rings. The van der Waals surface area contributed by atoms with E-state index in [9.17, 15) is 9.90 Å². The third-order valence-electron chi connectivity index (χ3n) is 3.45. The van der Waals surface area contributed by atoms with Gasteiger partial charge in [0.15, 0.2) is 0 Å². The van der Waals surface area contributed by atoms with Gasteiger partial charge in [0.05, 0.1) is 0 Å². The monoisotopic (exact) mass is 265 g/mol. The Bertz CT molecular complexity index is 399. The van der Waals surface area contributed by atoms with Crippen molar-refractivity contribution in [1.29, 1.82) is 0 Å². The van der Waals surface area contributed by atoms with Crippen LogP contribution in [-0.2, 0) is 4.79 Å². The molecule has 0 amide bonds. The summed E-state index contributed by atoms with van der Waals surface area (Å²) in [6.45, 7) is 0. The molecule has 18 heavy (non-hydrogen) atoms. The molecule has 1 saturated carbocycles. The molecule has 0 spiro atoms. The van der Waals surface area contributed by atoms with Crippen LogP contribution in [0, 0.1) is 0 Å². The molecule has 1 aromatic carbocycles. The summed E-state index contributed by atoms with van der Waals surface area (Å²) in [6.07, 6.45) is 6.60. The van der Waals surface area contributed by atoms with Crippen LogP contribution in [0.4, 0.5) is 0 Å². The van der Waals surface area contributed by atoms with Gasteiger partial charge < -0.3 is 5.11 Å². The highest BCUT2D eigenvalue weighted by Crippen LogP contribution is 2.24. The molecule has 1 aliphatic rings. The second-order valence-electron chi connectivity index (χ2n) is 4.69. The fourth-order valence-corrected chi connectivity index (χ4v) is 2.84. The largest absolute Gasteiger partial charge is 0.480 e. The normalized spacial score (nSPS) is 17.8. The van der Waals surface area contributed by atoms with Crippen LogP contribution in [0.3, 0.4) is 0 Å². The second-order valence-corrected chi connectivity index (χ2v) is 5.57. The summed E-state index contributed by atoms with van der Waals surface area (Å²) in [7, 11) is 0. The maximum atomic E-state index is 11.4. The Morgan fingerprint density at radius 2 is 1.94 bits per heavy atom. The highest BCUT2D eigenvalue weighted by molar-refractivity contribution is 7.98. The number of benzene rings is 1. The van der Waals surface area contributed by atoms with Crippen LogP contribution in [0.1, 0.15) is 37.3 Å². The summed E-state index contributed by atoms with van der Waals surface area (Å²) in [5.41, 5.74) is 0.840. The van der Waals surface area contributed by atoms with Gasteiger partial charge in [-0.3, -0.25) is 10.1 Å². The van der Waals surface area contributed by atoms with E-state index in [2.05, 4.69) is 5.32 Å². The Hall–Kier alpha value is -1.00. The lowest BCUT2D eigenvalue weighted by Gasteiger charge is -2.19. The van der Waals surface area contributed by atoms with Gasteiger partial charge in [-0.05, 0) is 36.8 Å². The summed E-state index contributed by atoms with van der Waals surface area (Å²) in [5, 5.41) is 12.6. The van der Waals surface area contributed by atoms with Crippen LogP contribution in [0.2, 0.25) is 0 Å². The number of hydrogen-bond acceptors (Lipinski definition) is 3. The van der Waals surface area contributed by atoms with Crippen molar-refractivity contribution in [3.63, 3.8) is 0 Å². The molecule has 98 valence electrons. The van der Waals surface area contributed by atoms with Crippen LogP contribution in [0.5, 0.6) is 0 Å². The SMILES string of the molecule is CSc1ccc(C(NC2CCCC2)C(=O)O)cc1. The van der Waals surface area contributed by atoms with Gasteiger partial charge in [0, 0.05) is 10.9 Å². The minimum Gasteiger partial charge on any atom is -0.480 e. The number of aliphatic carboxylic acids is 1. The van der Waals surface area contributed by atoms with E-state index in [-0.39, 0.29) is 0 Å². The zero-order valence-corrected chi connectivity index (χ0v) is 11.4. The molecule has 0 aliphatic heterocycles. The van der Waals surface area contributed by atoms with E-state index in [1.807, 2.05) is 30.5 Å². The van der Waals surface area contributed by atoms with Crippen LogP contribution in [-0.4, -0.2) is 23.4 Å². The Morgan fingerprint density at radius 1 is 1.33 bits per heavy atom. The van der Waals surface area contributed by atoms with Crippen molar-refractivity contribution in [3.8, 4) is 0 Å². The lowest BCUT2D eigenvalue weighted by atomic mass is 10.1. The number of carbonyl (C=O) groups is 1. The molecule has 0 heterocycles. The average molecular weight is 265 g/mol. The second kappa shape index (κ2) is 6.25. The number of rotatable bonds is 5. The summed E-state index contributed by atoms with van der Waals surface area (Å²) >= 11 is 1.66. The molecule has 0 saturated heterocycles. The molecule has 0 bridgehead atoms.